The zero-order valence-electron chi connectivity index (χ0n) is 13.0. The van der Waals surface area contributed by atoms with Gasteiger partial charge in [-0.25, -0.2) is 9.79 Å². The number of alkyl halides is 4. The molecule has 26 heavy (non-hydrogen) atoms. The van der Waals surface area contributed by atoms with Crippen LogP contribution in [0.1, 0.15) is 11.1 Å². The van der Waals surface area contributed by atoms with E-state index >= 15 is 0 Å². The summed E-state index contributed by atoms with van der Waals surface area (Å²) in [5.74, 6) is -1.07. The Hall–Kier alpha value is -3.16. The molecule has 1 aliphatic rings. The molecule has 0 radical (unpaired) electrons. The summed E-state index contributed by atoms with van der Waals surface area (Å²) in [6.45, 7) is 0. The highest BCUT2D eigenvalue weighted by Crippen LogP contribution is 2.28. The van der Waals surface area contributed by atoms with Crippen LogP contribution in [-0.2, 0) is 9.53 Å². The Morgan fingerprint density at radius 1 is 1.08 bits per heavy atom. The maximum atomic E-state index is 13.0. The second-order valence-corrected chi connectivity index (χ2v) is 5.24. The average Bonchev–Trinajstić information content (AvgIpc) is 2.96. The summed E-state index contributed by atoms with van der Waals surface area (Å²) in [5, 5.41) is 0. The lowest BCUT2D eigenvalue weighted by Crippen LogP contribution is -2.33. The Kier molecular flexibility index (Phi) is 4.75. The number of hydrogen-bond donors (Lipinski definition) is 0. The van der Waals surface area contributed by atoms with Gasteiger partial charge in [0.1, 0.15) is 5.75 Å². The average molecular weight is 365 g/mol. The van der Waals surface area contributed by atoms with Crippen LogP contribution in [0.15, 0.2) is 65.3 Å². The molecule has 0 aromatic heterocycles. The number of hydrogen-bond acceptors (Lipinski definition) is 4. The molecule has 4 nitrogen and oxygen atoms in total. The number of rotatable bonds is 5. The summed E-state index contributed by atoms with van der Waals surface area (Å²) in [7, 11) is 0. The van der Waals surface area contributed by atoms with Crippen LogP contribution < -0.4 is 4.74 Å². The lowest BCUT2D eigenvalue weighted by Gasteiger charge is -2.16. The van der Waals surface area contributed by atoms with Gasteiger partial charge in [0.05, 0.1) is 0 Å². The number of carbonyl (C=O) groups is 1. The van der Waals surface area contributed by atoms with E-state index in [4.69, 9.17) is 4.74 Å². The first kappa shape index (κ1) is 17.7. The molecule has 0 N–H and O–H groups in total. The minimum atomic E-state index is -4.61. The molecule has 0 saturated carbocycles. The maximum absolute atomic E-state index is 13.0. The summed E-state index contributed by atoms with van der Waals surface area (Å²) < 4.78 is 59.5. The van der Waals surface area contributed by atoms with Crippen molar-refractivity contribution >= 4 is 17.9 Å². The van der Waals surface area contributed by atoms with Gasteiger partial charge in [0.2, 0.25) is 5.90 Å². The Balaban J connectivity index is 1.85. The molecule has 0 bridgehead atoms. The first-order valence-electron chi connectivity index (χ1n) is 7.38. The van der Waals surface area contributed by atoms with E-state index in [1.54, 1.807) is 30.3 Å². The molecule has 0 atom stereocenters. The molecule has 0 aliphatic carbocycles. The lowest BCUT2D eigenvalue weighted by atomic mass is 10.2. The summed E-state index contributed by atoms with van der Waals surface area (Å²) in [6, 6.07) is 13.7. The van der Waals surface area contributed by atoms with Gasteiger partial charge in [-0.05, 0) is 35.9 Å². The van der Waals surface area contributed by atoms with Crippen molar-refractivity contribution in [1.82, 2.24) is 0 Å². The van der Waals surface area contributed by atoms with Crippen LogP contribution in [0, 0.1) is 0 Å². The Bertz CT molecular complexity index is 879. The van der Waals surface area contributed by atoms with Crippen molar-refractivity contribution in [2.24, 2.45) is 4.99 Å². The van der Waals surface area contributed by atoms with Crippen LogP contribution >= 0.6 is 0 Å². The molecule has 1 heterocycles. The van der Waals surface area contributed by atoms with Gasteiger partial charge in [0.15, 0.2) is 5.70 Å². The number of nitrogens with zero attached hydrogens (tertiary/aromatic N) is 1. The first-order valence-corrected chi connectivity index (χ1v) is 7.38. The van der Waals surface area contributed by atoms with E-state index in [0.29, 0.717) is 5.56 Å². The minimum Gasteiger partial charge on any atom is -0.428 e. The summed E-state index contributed by atoms with van der Waals surface area (Å²) in [5.41, 5.74) is 0.803. The van der Waals surface area contributed by atoms with Crippen molar-refractivity contribution in [3.05, 3.63) is 71.4 Å². The number of esters is 1. The van der Waals surface area contributed by atoms with Crippen molar-refractivity contribution in [2.75, 3.05) is 0 Å². The highest BCUT2D eigenvalue weighted by atomic mass is 19.3. The van der Waals surface area contributed by atoms with E-state index in [2.05, 4.69) is 9.73 Å². The number of ether oxygens (including phenoxy) is 2. The molecular weight excluding hydrogens is 354 g/mol. The fraction of sp³-hybridized carbons (Fsp3) is 0.111. The van der Waals surface area contributed by atoms with E-state index in [-0.39, 0.29) is 17.2 Å². The van der Waals surface area contributed by atoms with Gasteiger partial charge < -0.3 is 9.47 Å². The van der Waals surface area contributed by atoms with Crippen LogP contribution in [0.3, 0.4) is 0 Å². The van der Waals surface area contributed by atoms with Crippen molar-refractivity contribution in [2.45, 2.75) is 12.5 Å². The van der Waals surface area contributed by atoms with Crippen LogP contribution in [0.2, 0.25) is 0 Å². The summed E-state index contributed by atoms with van der Waals surface area (Å²) in [6.07, 6.45) is -7.30. The molecule has 8 heteroatoms. The molecule has 3 rings (SSSR count). The maximum Gasteiger partial charge on any atom is 0.461 e. The van der Waals surface area contributed by atoms with Gasteiger partial charge in [0.25, 0.3) is 0 Å². The number of benzene rings is 2. The largest absolute Gasteiger partial charge is 0.461 e. The van der Waals surface area contributed by atoms with Gasteiger partial charge in [-0.15, -0.1) is 0 Å². The third kappa shape index (κ3) is 3.90. The highest BCUT2D eigenvalue weighted by Gasteiger charge is 2.43. The van der Waals surface area contributed by atoms with Crippen molar-refractivity contribution in [1.29, 1.82) is 0 Å². The smallest absolute Gasteiger partial charge is 0.428 e. The van der Waals surface area contributed by atoms with E-state index in [1.165, 1.54) is 18.2 Å². The molecule has 0 saturated heterocycles. The van der Waals surface area contributed by atoms with E-state index < -0.39 is 24.3 Å². The molecule has 1 aliphatic heterocycles. The molecule has 2 aromatic carbocycles. The van der Waals surface area contributed by atoms with Gasteiger partial charge >= 0.3 is 18.5 Å². The van der Waals surface area contributed by atoms with Gasteiger partial charge in [-0.2, -0.15) is 17.6 Å². The van der Waals surface area contributed by atoms with Gasteiger partial charge in [0, 0.05) is 5.56 Å². The van der Waals surface area contributed by atoms with Gasteiger partial charge in [-0.3, -0.25) is 0 Å². The third-order valence-corrected chi connectivity index (χ3v) is 3.31. The summed E-state index contributed by atoms with van der Waals surface area (Å²) in [4.78, 5) is 16.0. The number of cyclic esters (lactones) is 1. The fourth-order valence-electron chi connectivity index (χ4n) is 2.14. The van der Waals surface area contributed by atoms with Crippen LogP contribution in [0.5, 0.6) is 5.75 Å². The standard InChI is InChI=1S/C18H11F4NO3/c19-17(20)18(21,22)26-13-8-4-5-11(9-13)10-14-16(24)25-15(23-14)12-6-2-1-3-7-12/h1-10,17H/b14-10+. The van der Waals surface area contributed by atoms with Crippen molar-refractivity contribution in [3.8, 4) is 5.75 Å². The van der Waals surface area contributed by atoms with Crippen molar-refractivity contribution in [3.63, 3.8) is 0 Å². The molecule has 0 unspecified atom stereocenters. The molecular formula is C18H11F4NO3. The minimum absolute atomic E-state index is 0.0541. The van der Waals surface area contributed by atoms with Crippen molar-refractivity contribution < 1.29 is 31.8 Å². The Labute approximate surface area is 145 Å². The summed E-state index contributed by atoms with van der Waals surface area (Å²) >= 11 is 0. The predicted molar refractivity (Wildman–Crippen MR) is 85.1 cm³/mol. The molecule has 2 aromatic rings. The molecule has 0 spiro atoms. The Morgan fingerprint density at radius 3 is 2.50 bits per heavy atom. The van der Waals surface area contributed by atoms with Crippen LogP contribution in [0.25, 0.3) is 6.08 Å². The number of carbonyl (C=O) groups excluding carboxylic acids is 1. The van der Waals surface area contributed by atoms with Gasteiger partial charge in [-0.1, -0.05) is 30.3 Å². The quantitative estimate of drug-likeness (QED) is 0.452. The lowest BCUT2D eigenvalue weighted by molar-refractivity contribution is -0.253. The van der Waals surface area contributed by atoms with Crippen LogP contribution in [0.4, 0.5) is 17.6 Å². The third-order valence-electron chi connectivity index (χ3n) is 3.31. The monoisotopic (exact) mass is 365 g/mol. The van der Waals surface area contributed by atoms with E-state index in [0.717, 1.165) is 12.1 Å². The zero-order chi connectivity index (χ0) is 18.7. The molecule has 0 amide bonds. The fourth-order valence-corrected chi connectivity index (χ4v) is 2.14. The second-order valence-electron chi connectivity index (χ2n) is 5.24. The topological polar surface area (TPSA) is 47.9 Å². The first-order chi connectivity index (χ1) is 12.3. The normalized spacial score (nSPS) is 16.0. The Morgan fingerprint density at radius 2 is 1.81 bits per heavy atom. The highest BCUT2D eigenvalue weighted by molar-refractivity contribution is 6.12. The van der Waals surface area contributed by atoms with Crippen LogP contribution in [-0.4, -0.2) is 24.4 Å². The SMILES string of the molecule is O=C1OC(c2ccccc2)=N/C1=C/c1cccc(OC(F)(F)C(F)F)c1. The number of aliphatic imine (C=N–C) groups is 1. The van der Waals surface area contributed by atoms with E-state index in [9.17, 15) is 22.4 Å². The van der Waals surface area contributed by atoms with E-state index in [1.807, 2.05) is 0 Å². The molecule has 134 valence electrons. The second kappa shape index (κ2) is 6.99. The number of halogens is 4. The zero-order valence-corrected chi connectivity index (χ0v) is 13.0. The molecule has 0 fully saturated rings. The predicted octanol–water partition coefficient (Wildman–Crippen LogP) is 4.27.